The van der Waals surface area contributed by atoms with Crippen LogP contribution in [0.2, 0.25) is 0 Å². The Labute approximate surface area is 501 Å². The van der Waals surface area contributed by atoms with E-state index >= 15 is 0 Å². The Bertz CT molecular complexity index is 1670. The van der Waals surface area contributed by atoms with Crippen molar-refractivity contribution in [2.45, 2.75) is 322 Å². The molecule has 0 radical (unpaired) electrons. The molecule has 0 aliphatic heterocycles. The van der Waals surface area contributed by atoms with E-state index in [0.29, 0.717) is 19.3 Å². The zero-order valence-electron chi connectivity index (χ0n) is 53.0. The summed E-state index contributed by atoms with van der Waals surface area (Å²) in [7, 11) is 0. The van der Waals surface area contributed by atoms with Crippen LogP contribution in [0.3, 0.4) is 0 Å². The predicted molar refractivity (Wildman–Crippen MR) is 353 cm³/mol. The number of carbonyl (C=O) groups excluding carboxylic acids is 3. The minimum atomic E-state index is -0.796. The summed E-state index contributed by atoms with van der Waals surface area (Å²) in [5, 5.41) is 0. The second-order valence-electron chi connectivity index (χ2n) is 22.3. The van der Waals surface area contributed by atoms with Gasteiger partial charge in [0.1, 0.15) is 13.2 Å². The van der Waals surface area contributed by atoms with Crippen LogP contribution in [0.15, 0.2) is 122 Å². The van der Waals surface area contributed by atoms with E-state index in [1.807, 2.05) is 0 Å². The molecule has 81 heavy (non-hydrogen) atoms. The largest absolute Gasteiger partial charge is 0.462 e. The maximum absolute atomic E-state index is 12.9. The summed E-state index contributed by atoms with van der Waals surface area (Å²) in [6, 6.07) is 0. The fourth-order valence-corrected chi connectivity index (χ4v) is 9.33. The van der Waals surface area contributed by atoms with E-state index < -0.39 is 6.10 Å². The maximum Gasteiger partial charge on any atom is 0.306 e. The standard InChI is InChI=1S/C75H126O6/c1-4-7-10-13-16-19-22-25-28-31-33-34-35-36-37-38-39-40-42-44-47-50-53-56-59-62-65-68-74(77)80-71-72(70-79-73(76)67-64-61-58-55-52-49-46-43-30-27-24-21-18-15-12-9-6-3)81-75(78)69-66-63-60-57-54-51-48-45-41-32-29-26-23-20-17-14-11-8-5-2/h7,10,16,18-19,21,25-30,33-34,36-37,39-40,44,47,72H,4-6,8-9,11-15,17,20,22-24,31-32,35,38,41-43,45-46,48-71H2,1-3H3/b10-7-,19-16-,21-18-,28-25-,29-26-,30-27-,34-33-,37-36-,40-39-,47-44-. The van der Waals surface area contributed by atoms with E-state index in [0.717, 1.165) is 135 Å². The van der Waals surface area contributed by atoms with Gasteiger partial charge in [0.2, 0.25) is 0 Å². The van der Waals surface area contributed by atoms with Crippen molar-refractivity contribution in [1.82, 2.24) is 0 Å². The van der Waals surface area contributed by atoms with E-state index in [1.54, 1.807) is 0 Å². The highest BCUT2D eigenvalue weighted by Gasteiger charge is 2.19. The summed E-state index contributed by atoms with van der Waals surface area (Å²) in [6.45, 7) is 6.50. The van der Waals surface area contributed by atoms with Gasteiger partial charge in [-0.05, 0) is 135 Å². The molecule has 0 bridgehead atoms. The minimum Gasteiger partial charge on any atom is -0.462 e. The lowest BCUT2D eigenvalue weighted by Crippen LogP contribution is -2.30. The van der Waals surface area contributed by atoms with Crippen LogP contribution in [0.4, 0.5) is 0 Å². The number of ether oxygens (including phenoxy) is 3. The van der Waals surface area contributed by atoms with Gasteiger partial charge in [-0.15, -0.1) is 0 Å². The first-order chi connectivity index (χ1) is 40.0. The third kappa shape index (κ3) is 66.5. The normalized spacial score (nSPS) is 12.9. The van der Waals surface area contributed by atoms with Gasteiger partial charge in [-0.3, -0.25) is 14.4 Å². The third-order valence-electron chi connectivity index (χ3n) is 14.4. The first kappa shape index (κ1) is 76.8. The van der Waals surface area contributed by atoms with Crippen molar-refractivity contribution >= 4 is 17.9 Å². The van der Waals surface area contributed by atoms with Crippen LogP contribution in [0.1, 0.15) is 316 Å². The molecule has 0 fully saturated rings. The van der Waals surface area contributed by atoms with Gasteiger partial charge in [-0.1, -0.05) is 284 Å². The van der Waals surface area contributed by atoms with Crippen molar-refractivity contribution in [3.8, 4) is 0 Å². The topological polar surface area (TPSA) is 78.9 Å². The van der Waals surface area contributed by atoms with Crippen LogP contribution in [0, 0.1) is 0 Å². The average molecular weight is 1120 g/mol. The molecule has 0 aliphatic rings. The molecule has 0 aromatic heterocycles. The summed E-state index contributed by atoms with van der Waals surface area (Å²) in [5.41, 5.74) is 0. The molecule has 462 valence electrons. The van der Waals surface area contributed by atoms with Gasteiger partial charge in [0.15, 0.2) is 6.10 Å². The summed E-state index contributed by atoms with van der Waals surface area (Å²) in [6.07, 6.45) is 94.9. The van der Waals surface area contributed by atoms with Crippen molar-refractivity contribution in [1.29, 1.82) is 0 Å². The summed E-state index contributed by atoms with van der Waals surface area (Å²) >= 11 is 0. The molecule has 0 amide bonds. The summed E-state index contributed by atoms with van der Waals surface area (Å²) < 4.78 is 17.0. The zero-order chi connectivity index (χ0) is 58.5. The van der Waals surface area contributed by atoms with Gasteiger partial charge in [0.25, 0.3) is 0 Å². The van der Waals surface area contributed by atoms with Crippen LogP contribution in [0.5, 0.6) is 0 Å². The molecule has 6 heteroatoms. The lowest BCUT2D eigenvalue weighted by atomic mass is 10.1. The molecule has 1 atom stereocenters. The zero-order valence-corrected chi connectivity index (χ0v) is 53.0. The van der Waals surface area contributed by atoms with Crippen molar-refractivity contribution in [3.05, 3.63) is 122 Å². The molecule has 0 aliphatic carbocycles. The Balaban J connectivity index is 4.43. The molecule has 0 saturated heterocycles. The Kier molecular flexibility index (Phi) is 64.8. The van der Waals surface area contributed by atoms with Gasteiger partial charge in [0, 0.05) is 19.3 Å². The molecule has 0 aromatic carbocycles. The lowest BCUT2D eigenvalue weighted by molar-refractivity contribution is -0.167. The number of carbonyl (C=O) groups is 3. The number of hydrogen-bond donors (Lipinski definition) is 0. The van der Waals surface area contributed by atoms with Crippen molar-refractivity contribution in [2.24, 2.45) is 0 Å². The monoisotopic (exact) mass is 1120 g/mol. The second kappa shape index (κ2) is 68.3. The molecule has 0 saturated carbocycles. The number of rotatable bonds is 61. The first-order valence-electron chi connectivity index (χ1n) is 34.0. The first-order valence-corrected chi connectivity index (χ1v) is 34.0. The quantitative estimate of drug-likeness (QED) is 0.0261. The molecule has 0 heterocycles. The van der Waals surface area contributed by atoms with E-state index in [2.05, 4.69) is 142 Å². The van der Waals surface area contributed by atoms with Crippen LogP contribution >= 0.6 is 0 Å². The molecule has 0 rings (SSSR count). The lowest BCUT2D eigenvalue weighted by Gasteiger charge is -2.18. The van der Waals surface area contributed by atoms with Gasteiger partial charge < -0.3 is 14.2 Å². The van der Waals surface area contributed by atoms with Gasteiger partial charge in [-0.25, -0.2) is 0 Å². The van der Waals surface area contributed by atoms with Gasteiger partial charge in [-0.2, -0.15) is 0 Å². The Morgan fingerprint density at radius 3 is 0.790 bits per heavy atom. The summed E-state index contributed by atoms with van der Waals surface area (Å²) in [4.78, 5) is 38.4. The number of hydrogen-bond acceptors (Lipinski definition) is 6. The maximum atomic E-state index is 12.9. The Morgan fingerprint density at radius 2 is 0.481 bits per heavy atom. The van der Waals surface area contributed by atoms with Crippen molar-refractivity contribution < 1.29 is 28.6 Å². The molecule has 0 aromatic rings. The van der Waals surface area contributed by atoms with Crippen molar-refractivity contribution in [3.63, 3.8) is 0 Å². The van der Waals surface area contributed by atoms with Gasteiger partial charge in [0.05, 0.1) is 0 Å². The highest BCUT2D eigenvalue weighted by atomic mass is 16.6. The fraction of sp³-hybridized carbons (Fsp3) is 0.693. The van der Waals surface area contributed by atoms with E-state index in [1.165, 1.54) is 141 Å². The van der Waals surface area contributed by atoms with Crippen LogP contribution in [-0.4, -0.2) is 37.2 Å². The number of unbranched alkanes of at least 4 members (excludes halogenated alkanes) is 30. The molecule has 1 unspecified atom stereocenters. The van der Waals surface area contributed by atoms with Gasteiger partial charge >= 0.3 is 17.9 Å². The van der Waals surface area contributed by atoms with Crippen LogP contribution in [-0.2, 0) is 28.6 Å². The SMILES string of the molecule is CC/C=C\C/C=C\C/C=C\C/C=C\C/C=C\C/C=C\C/C=C\CCCCCCCC(=O)OCC(COC(=O)CCCCCCCCC/C=C\C/C=C\CCCCC)OC(=O)CCCCCCCCCCC/C=C\CCCCCCCC. The van der Waals surface area contributed by atoms with Crippen molar-refractivity contribution in [2.75, 3.05) is 13.2 Å². The molecular weight excluding hydrogens is 997 g/mol. The molecular formula is C75H126O6. The van der Waals surface area contributed by atoms with Crippen LogP contribution < -0.4 is 0 Å². The Morgan fingerprint density at radius 1 is 0.259 bits per heavy atom. The Hall–Kier alpha value is -4.19. The molecule has 0 spiro atoms. The predicted octanol–water partition coefficient (Wildman–Crippen LogP) is 23.6. The fourth-order valence-electron chi connectivity index (χ4n) is 9.33. The minimum absolute atomic E-state index is 0.0904. The highest BCUT2D eigenvalue weighted by molar-refractivity contribution is 5.71. The van der Waals surface area contributed by atoms with E-state index in [4.69, 9.17) is 14.2 Å². The number of esters is 3. The van der Waals surface area contributed by atoms with E-state index in [9.17, 15) is 14.4 Å². The smallest absolute Gasteiger partial charge is 0.306 e. The number of allylic oxidation sites excluding steroid dienone is 20. The second-order valence-corrected chi connectivity index (χ2v) is 22.3. The van der Waals surface area contributed by atoms with Crippen LogP contribution in [0.25, 0.3) is 0 Å². The summed E-state index contributed by atoms with van der Waals surface area (Å²) in [5.74, 6) is -0.910. The molecule has 6 nitrogen and oxygen atoms in total. The molecule has 0 N–H and O–H groups in total. The van der Waals surface area contributed by atoms with E-state index in [-0.39, 0.29) is 31.1 Å². The highest BCUT2D eigenvalue weighted by Crippen LogP contribution is 2.16. The average Bonchev–Trinajstić information content (AvgIpc) is 3.47. The third-order valence-corrected chi connectivity index (χ3v) is 14.4.